The summed E-state index contributed by atoms with van der Waals surface area (Å²) >= 11 is 1.73. The lowest BCUT2D eigenvalue weighted by molar-refractivity contribution is -0.122. The van der Waals surface area contributed by atoms with Crippen LogP contribution in [0.25, 0.3) is 0 Å². The Kier molecular flexibility index (Phi) is 4.74. The lowest BCUT2D eigenvalue weighted by Gasteiger charge is -2.23. The first-order chi connectivity index (χ1) is 7.13. The molecule has 0 aromatic carbocycles. The van der Waals surface area contributed by atoms with Gasteiger partial charge in [-0.05, 0) is 25.4 Å². The van der Waals surface area contributed by atoms with Crippen molar-refractivity contribution in [2.75, 3.05) is 7.05 Å². The van der Waals surface area contributed by atoms with E-state index in [9.17, 15) is 4.79 Å². The maximum atomic E-state index is 11.1. The predicted molar refractivity (Wildman–Crippen MR) is 62.2 cm³/mol. The number of amides is 1. The highest BCUT2D eigenvalue weighted by Gasteiger charge is 2.13. The maximum Gasteiger partial charge on any atom is 0.235 e. The van der Waals surface area contributed by atoms with Gasteiger partial charge in [0, 0.05) is 23.9 Å². The number of nitrogens with one attached hydrogen (secondary N) is 1. The van der Waals surface area contributed by atoms with Crippen LogP contribution in [-0.4, -0.2) is 23.9 Å². The third-order valence-corrected chi connectivity index (χ3v) is 3.24. The molecule has 0 bridgehead atoms. The number of rotatable bonds is 5. The van der Waals surface area contributed by atoms with Crippen molar-refractivity contribution in [1.29, 1.82) is 0 Å². The molecule has 1 aromatic heterocycles. The number of nitrogens with zero attached hydrogens (tertiary/aromatic N) is 1. The fourth-order valence-corrected chi connectivity index (χ4v) is 2.05. The fourth-order valence-electron chi connectivity index (χ4n) is 1.29. The summed E-state index contributed by atoms with van der Waals surface area (Å²) in [5.74, 6) is 4.92. The summed E-state index contributed by atoms with van der Waals surface area (Å²) in [6.45, 7) is 2.89. The molecule has 1 heterocycles. The molecule has 0 aliphatic rings. The summed E-state index contributed by atoms with van der Waals surface area (Å²) in [7, 11) is 2.01. The van der Waals surface area contributed by atoms with Gasteiger partial charge in [0.15, 0.2) is 0 Å². The number of hydrogen-bond donors (Lipinski definition) is 2. The fraction of sp³-hybridized carbons (Fsp3) is 0.500. The topological polar surface area (TPSA) is 58.4 Å². The maximum absolute atomic E-state index is 11.1. The lowest BCUT2D eigenvalue weighted by atomic mass is 10.2. The molecule has 1 atom stereocenters. The Labute approximate surface area is 94.0 Å². The number of carbonyl (C=O) groups is 1. The molecule has 1 amide bonds. The Hall–Kier alpha value is -0.910. The summed E-state index contributed by atoms with van der Waals surface area (Å²) < 4.78 is 0. The normalized spacial score (nSPS) is 12.8. The molecule has 0 saturated carbocycles. The summed E-state index contributed by atoms with van der Waals surface area (Å²) in [5, 5.41) is 2.06. The second-order valence-corrected chi connectivity index (χ2v) is 4.65. The molecular formula is C10H17N3OS. The molecule has 0 fully saturated rings. The molecular weight excluding hydrogens is 210 g/mol. The van der Waals surface area contributed by atoms with Crippen LogP contribution >= 0.6 is 11.3 Å². The molecule has 84 valence electrons. The van der Waals surface area contributed by atoms with E-state index in [1.165, 1.54) is 4.88 Å². The molecule has 0 radical (unpaired) electrons. The van der Waals surface area contributed by atoms with Gasteiger partial charge in [0.1, 0.15) is 0 Å². The van der Waals surface area contributed by atoms with Crippen LogP contribution in [-0.2, 0) is 11.3 Å². The van der Waals surface area contributed by atoms with E-state index in [1.54, 1.807) is 11.3 Å². The highest BCUT2D eigenvalue weighted by atomic mass is 32.1. The van der Waals surface area contributed by atoms with Crippen LogP contribution in [0, 0.1) is 0 Å². The average molecular weight is 227 g/mol. The Balaban J connectivity index is 2.39. The Morgan fingerprint density at radius 1 is 1.73 bits per heavy atom. The van der Waals surface area contributed by atoms with Gasteiger partial charge in [0.2, 0.25) is 5.91 Å². The second-order valence-electron chi connectivity index (χ2n) is 3.62. The third-order valence-electron chi connectivity index (χ3n) is 2.38. The summed E-state index contributed by atoms with van der Waals surface area (Å²) in [5.41, 5.74) is 2.15. The lowest BCUT2D eigenvalue weighted by Crippen LogP contribution is -2.37. The van der Waals surface area contributed by atoms with Crippen molar-refractivity contribution < 1.29 is 4.79 Å². The van der Waals surface area contributed by atoms with Crippen LogP contribution in [0.4, 0.5) is 0 Å². The van der Waals surface area contributed by atoms with Crippen molar-refractivity contribution >= 4 is 17.2 Å². The summed E-state index contributed by atoms with van der Waals surface area (Å²) in [6.07, 6.45) is 0.429. The number of thiophene rings is 1. The van der Waals surface area contributed by atoms with E-state index < -0.39 is 0 Å². The number of carbonyl (C=O) groups excluding carboxylic acids is 1. The van der Waals surface area contributed by atoms with E-state index in [2.05, 4.69) is 21.8 Å². The second kappa shape index (κ2) is 5.85. The van der Waals surface area contributed by atoms with E-state index in [0.29, 0.717) is 6.42 Å². The minimum absolute atomic E-state index is 0.125. The molecule has 1 aromatic rings. The van der Waals surface area contributed by atoms with Crippen LogP contribution in [0.5, 0.6) is 0 Å². The Bertz CT molecular complexity index is 300. The van der Waals surface area contributed by atoms with Gasteiger partial charge in [0.25, 0.3) is 0 Å². The molecule has 0 aliphatic heterocycles. The van der Waals surface area contributed by atoms with E-state index >= 15 is 0 Å². The molecule has 0 saturated heterocycles. The first kappa shape index (κ1) is 12.2. The quantitative estimate of drug-likeness (QED) is 0.447. The van der Waals surface area contributed by atoms with Crippen molar-refractivity contribution in [2.45, 2.75) is 25.9 Å². The molecule has 15 heavy (non-hydrogen) atoms. The van der Waals surface area contributed by atoms with Crippen LogP contribution in [0.1, 0.15) is 18.2 Å². The number of hydrogen-bond acceptors (Lipinski definition) is 4. The van der Waals surface area contributed by atoms with Crippen molar-refractivity contribution in [3.8, 4) is 0 Å². The van der Waals surface area contributed by atoms with Gasteiger partial charge in [-0.3, -0.25) is 15.1 Å². The monoisotopic (exact) mass is 227 g/mol. The largest absolute Gasteiger partial charge is 0.298 e. The smallest absolute Gasteiger partial charge is 0.235 e. The molecule has 1 unspecified atom stereocenters. The van der Waals surface area contributed by atoms with Crippen LogP contribution < -0.4 is 11.3 Å². The summed E-state index contributed by atoms with van der Waals surface area (Å²) in [6, 6.07) is 4.32. The molecule has 3 N–H and O–H groups in total. The van der Waals surface area contributed by atoms with Gasteiger partial charge < -0.3 is 0 Å². The number of nitrogens with two attached hydrogens (primary N) is 1. The van der Waals surface area contributed by atoms with Gasteiger partial charge in [-0.2, -0.15) is 0 Å². The first-order valence-corrected chi connectivity index (χ1v) is 5.73. The van der Waals surface area contributed by atoms with E-state index in [1.807, 2.05) is 20.0 Å². The van der Waals surface area contributed by atoms with Gasteiger partial charge >= 0.3 is 0 Å². The minimum atomic E-state index is -0.125. The van der Waals surface area contributed by atoms with Crippen molar-refractivity contribution in [3.05, 3.63) is 22.4 Å². The minimum Gasteiger partial charge on any atom is -0.298 e. The highest BCUT2D eigenvalue weighted by Crippen LogP contribution is 2.13. The predicted octanol–water partition coefficient (Wildman–Crippen LogP) is 0.948. The van der Waals surface area contributed by atoms with E-state index in [0.717, 1.165) is 6.54 Å². The average Bonchev–Trinajstić information content (AvgIpc) is 2.70. The SMILES string of the molecule is CC(CC(=O)NN)N(C)Cc1cccs1. The van der Waals surface area contributed by atoms with Crippen LogP contribution in [0.15, 0.2) is 17.5 Å². The van der Waals surface area contributed by atoms with Crippen LogP contribution in [0.3, 0.4) is 0 Å². The zero-order valence-electron chi connectivity index (χ0n) is 9.06. The third kappa shape index (κ3) is 3.99. The zero-order chi connectivity index (χ0) is 11.3. The first-order valence-electron chi connectivity index (χ1n) is 4.85. The molecule has 0 spiro atoms. The highest BCUT2D eigenvalue weighted by molar-refractivity contribution is 7.09. The van der Waals surface area contributed by atoms with Crippen molar-refractivity contribution in [3.63, 3.8) is 0 Å². The Morgan fingerprint density at radius 3 is 3.00 bits per heavy atom. The van der Waals surface area contributed by atoms with Gasteiger partial charge in [-0.25, -0.2) is 5.84 Å². The molecule has 1 rings (SSSR count). The number of hydrazine groups is 1. The van der Waals surface area contributed by atoms with Crippen LogP contribution in [0.2, 0.25) is 0 Å². The van der Waals surface area contributed by atoms with E-state index in [4.69, 9.17) is 5.84 Å². The molecule has 4 nitrogen and oxygen atoms in total. The molecule has 5 heteroatoms. The Morgan fingerprint density at radius 2 is 2.47 bits per heavy atom. The van der Waals surface area contributed by atoms with Gasteiger partial charge in [-0.15, -0.1) is 11.3 Å². The summed E-state index contributed by atoms with van der Waals surface area (Å²) in [4.78, 5) is 14.5. The van der Waals surface area contributed by atoms with Gasteiger partial charge in [-0.1, -0.05) is 6.07 Å². The standard InChI is InChI=1S/C10H17N3OS/c1-8(6-10(14)12-11)13(2)7-9-4-3-5-15-9/h3-5,8H,6-7,11H2,1-2H3,(H,12,14). The van der Waals surface area contributed by atoms with E-state index in [-0.39, 0.29) is 11.9 Å². The van der Waals surface area contributed by atoms with Crippen molar-refractivity contribution in [1.82, 2.24) is 10.3 Å². The van der Waals surface area contributed by atoms with Crippen molar-refractivity contribution in [2.24, 2.45) is 5.84 Å². The molecule has 0 aliphatic carbocycles. The zero-order valence-corrected chi connectivity index (χ0v) is 9.88. The van der Waals surface area contributed by atoms with Gasteiger partial charge in [0.05, 0.1) is 0 Å².